The fourth-order valence-electron chi connectivity index (χ4n) is 1.44. The van der Waals surface area contributed by atoms with Crippen molar-refractivity contribution in [3.8, 4) is 0 Å². The molecule has 6 nitrogen and oxygen atoms in total. The highest BCUT2D eigenvalue weighted by molar-refractivity contribution is 5.79. The largest absolute Gasteiger partial charge is 0.481 e. The lowest BCUT2D eigenvalue weighted by Gasteiger charge is -2.37. The number of nitrogens with zero attached hydrogens (tertiary/aromatic N) is 1. The van der Waals surface area contributed by atoms with Gasteiger partial charge in [-0.1, -0.05) is 0 Å². The van der Waals surface area contributed by atoms with Crippen molar-refractivity contribution >= 4 is 12.0 Å². The molecule has 0 spiro atoms. The molecule has 1 heterocycles. The number of rotatable bonds is 5. The zero-order valence-corrected chi connectivity index (χ0v) is 9.60. The van der Waals surface area contributed by atoms with E-state index in [0.717, 1.165) is 0 Å². The summed E-state index contributed by atoms with van der Waals surface area (Å²) in [7, 11) is 0. The van der Waals surface area contributed by atoms with Gasteiger partial charge in [-0.3, -0.25) is 4.79 Å². The molecule has 16 heavy (non-hydrogen) atoms. The van der Waals surface area contributed by atoms with Crippen LogP contribution in [0, 0.1) is 5.92 Å². The number of amides is 2. The Morgan fingerprint density at radius 2 is 2.19 bits per heavy atom. The van der Waals surface area contributed by atoms with Gasteiger partial charge in [-0.2, -0.15) is 0 Å². The summed E-state index contributed by atoms with van der Waals surface area (Å²) in [5.74, 6) is -1.25. The Morgan fingerprint density at radius 1 is 1.56 bits per heavy atom. The summed E-state index contributed by atoms with van der Waals surface area (Å²) in [6.45, 7) is 5.41. The second kappa shape index (κ2) is 5.69. The fraction of sp³-hybridized carbons (Fsp3) is 0.800. The summed E-state index contributed by atoms with van der Waals surface area (Å²) in [4.78, 5) is 23.6. The second-order valence-electron chi connectivity index (χ2n) is 3.95. The van der Waals surface area contributed by atoms with Crippen LogP contribution in [0.1, 0.15) is 13.8 Å². The Morgan fingerprint density at radius 3 is 2.69 bits per heavy atom. The maximum absolute atomic E-state index is 11.5. The Bertz CT molecular complexity index is 264. The third kappa shape index (κ3) is 3.37. The van der Waals surface area contributed by atoms with Crippen LogP contribution in [-0.4, -0.2) is 54.4 Å². The number of likely N-dealkylation sites (tertiary alicyclic amines) is 1. The summed E-state index contributed by atoms with van der Waals surface area (Å²) in [5.41, 5.74) is 0. The van der Waals surface area contributed by atoms with Crippen molar-refractivity contribution in [2.24, 2.45) is 5.92 Å². The predicted molar refractivity (Wildman–Crippen MR) is 57.2 cm³/mol. The molecule has 0 saturated carbocycles. The van der Waals surface area contributed by atoms with Gasteiger partial charge in [-0.15, -0.1) is 0 Å². The molecule has 1 saturated heterocycles. The summed E-state index contributed by atoms with van der Waals surface area (Å²) in [6.07, 6.45) is 0. The molecule has 0 aromatic carbocycles. The molecular weight excluding hydrogens is 212 g/mol. The number of carbonyl (C=O) groups is 2. The van der Waals surface area contributed by atoms with Crippen molar-refractivity contribution in [2.45, 2.75) is 19.9 Å². The van der Waals surface area contributed by atoms with Crippen LogP contribution in [0.25, 0.3) is 0 Å². The number of hydrogen-bond donors (Lipinski definition) is 2. The zero-order valence-electron chi connectivity index (χ0n) is 9.60. The standard InChI is InChI=1S/C10H18N2O4/c1-3-16-6-7(2)11-10(15)12-4-8(5-12)9(13)14/h7-8H,3-6H2,1-2H3,(H,11,15)(H,13,14). The van der Waals surface area contributed by atoms with E-state index >= 15 is 0 Å². The van der Waals surface area contributed by atoms with E-state index in [1.54, 1.807) is 0 Å². The van der Waals surface area contributed by atoms with Gasteiger partial charge in [0.05, 0.1) is 18.6 Å². The minimum Gasteiger partial charge on any atom is -0.481 e. The molecule has 2 amide bonds. The first kappa shape index (κ1) is 12.8. The number of hydrogen-bond acceptors (Lipinski definition) is 3. The molecule has 2 N–H and O–H groups in total. The first-order chi connectivity index (χ1) is 7.54. The van der Waals surface area contributed by atoms with Gasteiger partial charge in [0, 0.05) is 19.7 Å². The smallest absolute Gasteiger partial charge is 0.317 e. The summed E-state index contributed by atoms with van der Waals surface area (Å²) in [6, 6.07) is -0.277. The molecule has 0 aromatic rings. The first-order valence-electron chi connectivity index (χ1n) is 5.40. The third-order valence-electron chi connectivity index (χ3n) is 2.46. The monoisotopic (exact) mass is 230 g/mol. The van der Waals surface area contributed by atoms with Crippen LogP contribution in [0.3, 0.4) is 0 Å². The third-order valence-corrected chi connectivity index (χ3v) is 2.46. The van der Waals surface area contributed by atoms with Gasteiger partial charge in [0.25, 0.3) is 0 Å². The van der Waals surface area contributed by atoms with Crippen LogP contribution < -0.4 is 5.32 Å². The minimum absolute atomic E-state index is 0.0590. The maximum Gasteiger partial charge on any atom is 0.317 e. The Labute approximate surface area is 94.6 Å². The molecule has 1 atom stereocenters. The lowest BCUT2D eigenvalue weighted by molar-refractivity contribution is -0.146. The maximum atomic E-state index is 11.5. The van der Waals surface area contributed by atoms with E-state index in [2.05, 4.69) is 5.32 Å². The van der Waals surface area contributed by atoms with E-state index < -0.39 is 11.9 Å². The number of ether oxygens (including phenoxy) is 1. The number of carboxylic acids is 1. The molecule has 0 radical (unpaired) electrons. The first-order valence-corrected chi connectivity index (χ1v) is 5.40. The van der Waals surface area contributed by atoms with E-state index in [1.165, 1.54) is 4.90 Å². The normalized spacial score (nSPS) is 17.8. The number of nitrogens with one attached hydrogen (secondary N) is 1. The van der Waals surface area contributed by atoms with Gasteiger partial charge < -0.3 is 20.1 Å². The van der Waals surface area contributed by atoms with Crippen molar-refractivity contribution in [1.82, 2.24) is 10.2 Å². The van der Waals surface area contributed by atoms with Crippen LogP contribution in [0.2, 0.25) is 0 Å². The highest BCUT2D eigenvalue weighted by atomic mass is 16.5. The van der Waals surface area contributed by atoms with E-state index in [9.17, 15) is 9.59 Å². The van der Waals surface area contributed by atoms with Crippen molar-refractivity contribution in [2.75, 3.05) is 26.3 Å². The molecule has 6 heteroatoms. The SMILES string of the molecule is CCOCC(C)NC(=O)N1CC(C(=O)O)C1. The van der Waals surface area contributed by atoms with Gasteiger partial charge >= 0.3 is 12.0 Å². The molecule has 0 bridgehead atoms. The van der Waals surface area contributed by atoms with Gasteiger partial charge in [-0.05, 0) is 13.8 Å². The second-order valence-corrected chi connectivity index (χ2v) is 3.95. The van der Waals surface area contributed by atoms with Crippen molar-refractivity contribution in [3.05, 3.63) is 0 Å². The van der Waals surface area contributed by atoms with Crippen molar-refractivity contribution < 1.29 is 19.4 Å². The van der Waals surface area contributed by atoms with Crippen molar-refractivity contribution in [3.63, 3.8) is 0 Å². The summed E-state index contributed by atoms with van der Waals surface area (Å²) in [5, 5.41) is 11.4. The number of aliphatic carboxylic acids is 1. The van der Waals surface area contributed by atoms with E-state index in [-0.39, 0.29) is 12.1 Å². The molecule has 0 aliphatic carbocycles. The van der Waals surface area contributed by atoms with Crippen LogP contribution in [0.5, 0.6) is 0 Å². The van der Waals surface area contributed by atoms with Crippen LogP contribution in [-0.2, 0) is 9.53 Å². The molecule has 1 fully saturated rings. The van der Waals surface area contributed by atoms with Crippen LogP contribution in [0.15, 0.2) is 0 Å². The Balaban J connectivity index is 2.19. The molecular formula is C10H18N2O4. The number of urea groups is 1. The van der Waals surface area contributed by atoms with Crippen molar-refractivity contribution in [1.29, 1.82) is 0 Å². The van der Waals surface area contributed by atoms with Gasteiger partial charge in [0.1, 0.15) is 0 Å². The van der Waals surface area contributed by atoms with E-state index in [1.807, 2.05) is 13.8 Å². The molecule has 1 unspecified atom stereocenters. The lowest BCUT2D eigenvalue weighted by atomic mass is 10.0. The Kier molecular flexibility index (Phi) is 4.54. The van der Waals surface area contributed by atoms with Crippen LogP contribution in [0.4, 0.5) is 4.79 Å². The van der Waals surface area contributed by atoms with Gasteiger partial charge in [-0.25, -0.2) is 4.79 Å². The average Bonchev–Trinajstić information content (AvgIpc) is 2.11. The molecule has 0 aromatic heterocycles. The lowest BCUT2D eigenvalue weighted by Crippen LogP contribution is -2.57. The van der Waals surface area contributed by atoms with Crippen LogP contribution >= 0.6 is 0 Å². The molecule has 1 aliphatic heterocycles. The quantitative estimate of drug-likeness (QED) is 0.704. The van der Waals surface area contributed by atoms with Gasteiger partial charge in [0.15, 0.2) is 0 Å². The van der Waals surface area contributed by atoms with E-state index in [0.29, 0.717) is 26.3 Å². The minimum atomic E-state index is -0.841. The highest BCUT2D eigenvalue weighted by Crippen LogP contribution is 2.15. The summed E-state index contributed by atoms with van der Waals surface area (Å²) < 4.78 is 5.16. The molecule has 1 rings (SSSR count). The average molecular weight is 230 g/mol. The number of carbonyl (C=O) groups excluding carboxylic acids is 1. The highest BCUT2D eigenvalue weighted by Gasteiger charge is 2.35. The molecule has 1 aliphatic rings. The zero-order chi connectivity index (χ0) is 12.1. The fourth-order valence-corrected chi connectivity index (χ4v) is 1.44. The Hall–Kier alpha value is -1.30. The predicted octanol–water partition coefficient (Wildman–Crippen LogP) is 0.137. The number of carboxylic acid groups (broad SMARTS) is 1. The topological polar surface area (TPSA) is 78.9 Å². The summed E-state index contributed by atoms with van der Waals surface area (Å²) >= 11 is 0. The molecule has 92 valence electrons. The van der Waals surface area contributed by atoms with Gasteiger partial charge in [0.2, 0.25) is 0 Å². The van der Waals surface area contributed by atoms with E-state index in [4.69, 9.17) is 9.84 Å².